The van der Waals surface area contributed by atoms with E-state index in [-0.39, 0.29) is 17.6 Å². The summed E-state index contributed by atoms with van der Waals surface area (Å²) in [5, 5.41) is 10.5. The van der Waals surface area contributed by atoms with E-state index in [4.69, 9.17) is 9.15 Å². The van der Waals surface area contributed by atoms with Crippen LogP contribution in [0.15, 0.2) is 23.1 Å². The molecule has 1 saturated heterocycles. The summed E-state index contributed by atoms with van der Waals surface area (Å²) in [7, 11) is 0. The van der Waals surface area contributed by atoms with Crippen molar-refractivity contribution in [2.24, 2.45) is 5.41 Å². The molecule has 1 fully saturated rings. The van der Waals surface area contributed by atoms with Crippen LogP contribution in [0.3, 0.4) is 0 Å². The maximum absolute atomic E-state index is 6.10. The predicted molar refractivity (Wildman–Crippen MR) is 84.8 cm³/mol. The zero-order chi connectivity index (χ0) is 15.9. The molecule has 0 spiro atoms. The predicted octanol–water partition coefficient (Wildman–Crippen LogP) is 2.92. The van der Waals surface area contributed by atoms with Gasteiger partial charge in [-0.1, -0.05) is 13.8 Å². The van der Waals surface area contributed by atoms with Gasteiger partial charge in [0, 0.05) is 24.6 Å². The number of aromatic amines is 1. The maximum Gasteiger partial charge on any atom is 0.153 e. The second-order valence-electron chi connectivity index (χ2n) is 7.50. The third-order valence-electron chi connectivity index (χ3n) is 4.99. The highest BCUT2D eigenvalue weighted by Gasteiger charge is 2.35. The number of fused-ring (bicyclic) bond motifs is 1. The van der Waals surface area contributed by atoms with Gasteiger partial charge in [0.25, 0.3) is 0 Å². The molecule has 23 heavy (non-hydrogen) atoms. The van der Waals surface area contributed by atoms with E-state index in [1.54, 1.807) is 0 Å². The molecule has 2 N–H and O–H groups in total. The highest BCUT2D eigenvalue weighted by Crippen LogP contribution is 2.41. The molecule has 1 aliphatic carbocycles. The lowest BCUT2D eigenvalue weighted by atomic mass is 9.75. The molecule has 3 heterocycles. The molecule has 0 aromatic carbocycles. The Morgan fingerprint density at radius 1 is 1.39 bits per heavy atom. The van der Waals surface area contributed by atoms with Gasteiger partial charge in [-0.15, -0.1) is 0 Å². The van der Waals surface area contributed by atoms with Crippen molar-refractivity contribution in [1.82, 2.24) is 20.5 Å². The molecule has 0 amide bonds. The molecule has 0 saturated carbocycles. The fourth-order valence-electron chi connectivity index (χ4n) is 3.86. The molecule has 0 bridgehead atoms. The quantitative estimate of drug-likeness (QED) is 0.907. The largest absolute Gasteiger partial charge is 0.469 e. The van der Waals surface area contributed by atoms with E-state index in [2.05, 4.69) is 40.4 Å². The number of rotatable bonds is 4. The van der Waals surface area contributed by atoms with Gasteiger partial charge in [0.2, 0.25) is 0 Å². The van der Waals surface area contributed by atoms with Crippen LogP contribution in [0.4, 0.5) is 0 Å². The lowest BCUT2D eigenvalue weighted by Crippen LogP contribution is -2.36. The fraction of sp³-hybridized carbons (Fsp3) is 0.647. The van der Waals surface area contributed by atoms with Gasteiger partial charge in [0.05, 0.1) is 12.4 Å². The Hall–Kier alpha value is -1.66. The van der Waals surface area contributed by atoms with Crippen molar-refractivity contribution in [3.05, 3.63) is 35.8 Å². The summed E-state index contributed by atoms with van der Waals surface area (Å²) in [6, 6.07) is 2.45. The van der Waals surface area contributed by atoms with E-state index in [1.807, 2.05) is 6.26 Å². The maximum atomic E-state index is 6.10. The molecule has 4 rings (SSSR count). The molecular weight excluding hydrogens is 292 g/mol. The standard InChI is InChI=1S/C17H24N4O2/c1-17(2)7-13(12-5-6-22-15(12)8-17)18-9-11-3-4-14(23-11)16-19-10-20-21-16/h5-6,10-11,13-14,18H,3-4,7-9H2,1-2H3,(H,19,20,21)/t11-,13?,14+/m1/s1. The summed E-state index contributed by atoms with van der Waals surface area (Å²) in [5.74, 6) is 1.97. The zero-order valence-corrected chi connectivity index (χ0v) is 13.7. The van der Waals surface area contributed by atoms with Gasteiger partial charge in [-0.05, 0) is 30.7 Å². The Morgan fingerprint density at radius 2 is 2.30 bits per heavy atom. The Morgan fingerprint density at radius 3 is 3.13 bits per heavy atom. The average molecular weight is 316 g/mol. The minimum atomic E-state index is 0.0524. The van der Waals surface area contributed by atoms with Crippen molar-refractivity contribution in [2.75, 3.05) is 6.54 Å². The number of nitrogens with one attached hydrogen (secondary N) is 2. The number of furan rings is 1. The Balaban J connectivity index is 1.37. The molecule has 3 atom stereocenters. The van der Waals surface area contributed by atoms with Crippen LogP contribution < -0.4 is 5.32 Å². The summed E-state index contributed by atoms with van der Waals surface area (Å²) in [5.41, 5.74) is 1.58. The smallest absolute Gasteiger partial charge is 0.153 e. The Kier molecular flexibility index (Phi) is 3.73. The van der Waals surface area contributed by atoms with Gasteiger partial charge in [-0.3, -0.25) is 5.10 Å². The van der Waals surface area contributed by atoms with Crippen molar-refractivity contribution in [3.63, 3.8) is 0 Å². The minimum Gasteiger partial charge on any atom is -0.469 e. The normalized spacial score (nSPS) is 29.6. The van der Waals surface area contributed by atoms with Crippen LogP contribution in [0.5, 0.6) is 0 Å². The molecule has 1 unspecified atom stereocenters. The number of nitrogens with zero attached hydrogens (tertiary/aromatic N) is 2. The third-order valence-corrected chi connectivity index (χ3v) is 4.99. The average Bonchev–Trinajstić information content (AvgIpc) is 3.23. The molecule has 2 aliphatic rings. The first-order chi connectivity index (χ1) is 11.1. The van der Waals surface area contributed by atoms with Crippen LogP contribution in [0.2, 0.25) is 0 Å². The summed E-state index contributed by atoms with van der Waals surface area (Å²) in [6.07, 6.45) is 7.81. The Labute approximate surface area is 136 Å². The fourth-order valence-corrected chi connectivity index (χ4v) is 3.86. The van der Waals surface area contributed by atoms with Crippen molar-refractivity contribution < 1.29 is 9.15 Å². The van der Waals surface area contributed by atoms with Gasteiger partial charge < -0.3 is 14.5 Å². The summed E-state index contributed by atoms with van der Waals surface area (Å²) in [6.45, 7) is 5.47. The molecule has 6 nitrogen and oxygen atoms in total. The first kappa shape index (κ1) is 14.9. The van der Waals surface area contributed by atoms with Gasteiger partial charge in [-0.2, -0.15) is 5.10 Å². The van der Waals surface area contributed by atoms with Gasteiger partial charge >= 0.3 is 0 Å². The van der Waals surface area contributed by atoms with E-state index in [9.17, 15) is 0 Å². The number of hydrogen-bond acceptors (Lipinski definition) is 5. The van der Waals surface area contributed by atoms with Crippen LogP contribution in [-0.4, -0.2) is 27.8 Å². The molecule has 0 radical (unpaired) electrons. The summed E-state index contributed by atoms with van der Waals surface area (Å²) >= 11 is 0. The molecule has 2 aromatic rings. The summed E-state index contributed by atoms with van der Waals surface area (Å²) in [4.78, 5) is 4.20. The van der Waals surface area contributed by atoms with Crippen molar-refractivity contribution in [1.29, 1.82) is 0 Å². The molecule has 2 aromatic heterocycles. The molecule has 6 heteroatoms. The van der Waals surface area contributed by atoms with E-state index in [1.165, 1.54) is 11.9 Å². The minimum absolute atomic E-state index is 0.0524. The van der Waals surface area contributed by atoms with E-state index >= 15 is 0 Å². The highest BCUT2D eigenvalue weighted by molar-refractivity contribution is 5.26. The summed E-state index contributed by atoms with van der Waals surface area (Å²) < 4.78 is 11.8. The first-order valence-electron chi connectivity index (χ1n) is 8.41. The second-order valence-corrected chi connectivity index (χ2v) is 7.50. The van der Waals surface area contributed by atoms with Crippen LogP contribution in [0.25, 0.3) is 0 Å². The van der Waals surface area contributed by atoms with Crippen LogP contribution in [-0.2, 0) is 11.2 Å². The number of ether oxygens (including phenoxy) is 1. The van der Waals surface area contributed by atoms with E-state index < -0.39 is 0 Å². The van der Waals surface area contributed by atoms with Gasteiger partial charge in [0.15, 0.2) is 5.82 Å². The monoisotopic (exact) mass is 316 g/mol. The lowest BCUT2D eigenvalue weighted by molar-refractivity contribution is 0.0373. The van der Waals surface area contributed by atoms with E-state index in [0.717, 1.165) is 43.8 Å². The van der Waals surface area contributed by atoms with E-state index in [0.29, 0.717) is 6.04 Å². The lowest BCUT2D eigenvalue weighted by Gasteiger charge is -2.35. The first-order valence-corrected chi connectivity index (χ1v) is 8.41. The van der Waals surface area contributed by atoms with Crippen molar-refractivity contribution in [2.45, 2.75) is 57.8 Å². The zero-order valence-electron chi connectivity index (χ0n) is 13.7. The second kappa shape index (κ2) is 5.76. The van der Waals surface area contributed by atoms with Crippen molar-refractivity contribution in [3.8, 4) is 0 Å². The topological polar surface area (TPSA) is 76.0 Å². The van der Waals surface area contributed by atoms with Crippen LogP contribution in [0.1, 0.15) is 62.4 Å². The van der Waals surface area contributed by atoms with Gasteiger partial charge in [0.1, 0.15) is 18.2 Å². The molecular formula is C17H24N4O2. The number of H-pyrrole nitrogens is 1. The number of aromatic nitrogens is 3. The SMILES string of the molecule is CC1(C)Cc2occc2C(NC[C@H]2CC[C@@H](c3ncn[nH]3)O2)C1. The van der Waals surface area contributed by atoms with Crippen molar-refractivity contribution >= 4 is 0 Å². The molecule has 124 valence electrons. The van der Waals surface area contributed by atoms with Gasteiger partial charge in [-0.25, -0.2) is 4.98 Å². The van der Waals surface area contributed by atoms with Crippen LogP contribution >= 0.6 is 0 Å². The number of hydrogen-bond donors (Lipinski definition) is 2. The highest BCUT2D eigenvalue weighted by atomic mass is 16.5. The molecule has 1 aliphatic heterocycles. The third kappa shape index (κ3) is 3.05. The Bertz CT molecular complexity index is 649. The van der Waals surface area contributed by atoms with Crippen LogP contribution in [0, 0.1) is 5.41 Å².